The van der Waals surface area contributed by atoms with E-state index in [1.165, 1.54) is 6.92 Å². The number of aromatic nitrogens is 4. The van der Waals surface area contributed by atoms with E-state index >= 15 is 0 Å². The molecule has 0 aliphatic rings. The van der Waals surface area contributed by atoms with Crippen molar-refractivity contribution in [2.24, 2.45) is 12.8 Å². The number of aryl methyl sites for hydroxylation is 3. The fourth-order valence-corrected chi connectivity index (χ4v) is 5.31. The van der Waals surface area contributed by atoms with E-state index in [2.05, 4.69) is 20.4 Å². The summed E-state index contributed by atoms with van der Waals surface area (Å²) in [5.41, 5.74) is 7.46. The summed E-state index contributed by atoms with van der Waals surface area (Å²) in [6, 6.07) is 9.55. The second-order valence-corrected chi connectivity index (χ2v) is 9.50. The minimum atomic E-state index is -4.67. The van der Waals surface area contributed by atoms with E-state index in [-0.39, 0.29) is 31.9 Å². The fraction of sp³-hybridized carbons (Fsp3) is 0.160. The Hall–Kier alpha value is -4.32. The van der Waals surface area contributed by atoms with Gasteiger partial charge in [0.15, 0.2) is 0 Å². The maximum atomic E-state index is 13.6. The van der Waals surface area contributed by atoms with Crippen LogP contribution < -0.4 is 11.1 Å². The van der Waals surface area contributed by atoms with E-state index in [1.807, 2.05) is 6.92 Å². The molecule has 12 heteroatoms. The lowest BCUT2D eigenvalue weighted by Gasteiger charge is -2.12. The first kappa shape index (κ1) is 24.4. The van der Waals surface area contributed by atoms with Crippen molar-refractivity contribution in [3.05, 3.63) is 70.0 Å². The molecule has 37 heavy (non-hydrogen) atoms. The lowest BCUT2D eigenvalue weighted by Crippen LogP contribution is -2.17. The summed E-state index contributed by atoms with van der Waals surface area (Å²) in [5.74, 6) is -1.47. The third kappa shape index (κ3) is 4.29. The second-order valence-electron chi connectivity index (χ2n) is 8.50. The maximum absolute atomic E-state index is 13.6. The Kier molecular flexibility index (Phi) is 5.71. The molecule has 0 fully saturated rings. The maximum Gasteiger partial charge on any atom is 0.433 e. The number of para-hydroxylation sites is 1. The number of pyridine rings is 2. The van der Waals surface area contributed by atoms with Crippen molar-refractivity contribution < 1.29 is 22.8 Å². The quantitative estimate of drug-likeness (QED) is 0.334. The molecular formula is C25H19F3N6O2S. The van der Waals surface area contributed by atoms with Crippen molar-refractivity contribution in [1.82, 2.24) is 19.7 Å². The summed E-state index contributed by atoms with van der Waals surface area (Å²) in [6.45, 7) is 3.28. The number of carbonyl (C=O) groups is 2. The number of rotatable bonds is 4. The van der Waals surface area contributed by atoms with Gasteiger partial charge in [0.05, 0.1) is 28.2 Å². The normalized spacial score (nSPS) is 11.8. The summed E-state index contributed by atoms with van der Waals surface area (Å²) in [5, 5.41) is 7.84. The molecule has 2 amide bonds. The number of hydrogen-bond acceptors (Lipinski definition) is 6. The van der Waals surface area contributed by atoms with Crippen LogP contribution in [0.25, 0.3) is 32.4 Å². The molecule has 188 valence electrons. The zero-order chi connectivity index (χ0) is 26.6. The Balaban J connectivity index is 1.67. The fourth-order valence-electron chi connectivity index (χ4n) is 4.25. The number of alkyl halides is 3. The molecule has 1 aromatic carbocycles. The predicted molar refractivity (Wildman–Crippen MR) is 135 cm³/mol. The summed E-state index contributed by atoms with van der Waals surface area (Å²) in [6.07, 6.45) is -2.88. The highest BCUT2D eigenvalue weighted by molar-refractivity contribution is 7.21. The molecule has 0 saturated carbocycles. The highest BCUT2D eigenvalue weighted by Crippen LogP contribution is 2.40. The van der Waals surface area contributed by atoms with E-state index in [9.17, 15) is 22.8 Å². The van der Waals surface area contributed by atoms with Crippen LogP contribution in [0.15, 0.2) is 42.6 Å². The number of halogens is 3. The number of hydrogen-bond donors (Lipinski definition) is 2. The lowest BCUT2D eigenvalue weighted by atomic mass is 10.0. The number of nitrogens with zero attached hydrogens (tertiary/aromatic N) is 4. The zero-order valence-electron chi connectivity index (χ0n) is 19.8. The number of amides is 2. The minimum absolute atomic E-state index is 0.0243. The Labute approximate surface area is 211 Å². The van der Waals surface area contributed by atoms with Gasteiger partial charge in [-0.25, -0.2) is 9.97 Å². The van der Waals surface area contributed by atoms with Crippen LogP contribution in [0.2, 0.25) is 0 Å². The first-order chi connectivity index (χ1) is 17.4. The Morgan fingerprint density at radius 3 is 2.49 bits per heavy atom. The topological polar surface area (TPSA) is 116 Å². The zero-order valence-corrected chi connectivity index (χ0v) is 20.6. The lowest BCUT2D eigenvalue weighted by molar-refractivity contribution is -0.141. The van der Waals surface area contributed by atoms with Crippen molar-refractivity contribution in [2.45, 2.75) is 20.0 Å². The largest absolute Gasteiger partial charge is 0.433 e. The number of benzene rings is 1. The van der Waals surface area contributed by atoms with Crippen molar-refractivity contribution in [1.29, 1.82) is 0 Å². The van der Waals surface area contributed by atoms with Crippen molar-refractivity contribution in [3.8, 4) is 11.3 Å². The van der Waals surface area contributed by atoms with Gasteiger partial charge in [-0.15, -0.1) is 11.3 Å². The number of thiophene rings is 1. The van der Waals surface area contributed by atoms with Gasteiger partial charge in [-0.3, -0.25) is 14.3 Å². The van der Waals surface area contributed by atoms with Gasteiger partial charge in [0.1, 0.15) is 15.4 Å². The van der Waals surface area contributed by atoms with Crippen LogP contribution in [0.3, 0.4) is 0 Å². The molecule has 0 radical (unpaired) electrons. The van der Waals surface area contributed by atoms with Crippen LogP contribution in [0, 0.1) is 13.8 Å². The van der Waals surface area contributed by atoms with Gasteiger partial charge in [-0.05, 0) is 37.6 Å². The standard InChI is InChI=1S/C25H19F3N6O2S/c1-11-8-18(25(26,27)28)31-24-19(11)20(21(37-24)22(29)35)32-23(36)14-9-17(15-10-34(3)33-12(15)2)30-16-7-5-4-6-13(14)16/h4-10H,1-3H3,(H2,29,35)(H,32,36). The molecule has 0 saturated heterocycles. The number of nitrogens with two attached hydrogens (primary N) is 1. The average Bonchev–Trinajstić information content (AvgIpc) is 3.37. The SMILES string of the molecule is Cc1nn(C)cc1-c1cc(C(=O)Nc2c(C(N)=O)sc3nc(C(F)(F)F)cc(C)c23)c2ccccc2n1. The number of fused-ring (bicyclic) bond motifs is 2. The van der Waals surface area contributed by atoms with Gasteiger partial charge in [-0.1, -0.05) is 18.2 Å². The summed E-state index contributed by atoms with van der Waals surface area (Å²) in [7, 11) is 1.78. The van der Waals surface area contributed by atoms with E-state index < -0.39 is 23.7 Å². The van der Waals surface area contributed by atoms with Crippen LogP contribution in [0.1, 0.15) is 37.0 Å². The van der Waals surface area contributed by atoms with E-state index in [4.69, 9.17) is 5.73 Å². The highest BCUT2D eigenvalue weighted by atomic mass is 32.1. The summed E-state index contributed by atoms with van der Waals surface area (Å²) >= 11 is 0.698. The Morgan fingerprint density at radius 1 is 1.11 bits per heavy atom. The number of anilines is 1. The van der Waals surface area contributed by atoms with E-state index in [1.54, 1.807) is 48.3 Å². The van der Waals surface area contributed by atoms with Gasteiger partial charge in [0.2, 0.25) is 0 Å². The molecule has 0 spiro atoms. The van der Waals surface area contributed by atoms with Crippen LogP contribution >= 0.6 is 11.3 Å². The minimum Gasteiger partial charge on any atom is -0.365 e. The predicted octanol–water partition coefficient (Wildman–Crippen LogP) is 5.23. The summed E-state index contributed by atoms with van der Waals surface area (Å²) < 4.78 is 41.6. The Morgan fingerprint density at radius 2 is 1.84 bits per heavy atom. The smallest absolute Gasteiger partial charge is 0.365 e. The van der Waals surface area contributed by atoms with Crippen molar-refractivity contribution in [2.75, 3.05) is 5.32 Å². The first-order valence-corrected chi connectivity index (χ1v) is 11.8. The monoisotopic (exact) mass is 524 g/mol. The number of primary amides is 1. The molecule has 8 nitrogen and oxygen atoms in total. The molecule has 5 aromatic rings. The van der Waals surface area contributed by atoms with Crippen LogP contribution in [0.4, 0.5) is 18.9 Å². The van der Waals surface area contributed by atoms with Gasteiger partial charge in [0.25, 0.3) is 11.8 Å². The third-order valence-electron chi connectivity index (χ3n) is 5.86. The average molecular weight is 525 g/mol. The molecule has 0 aliphatic heterocycles. The molecule has 0 aliphatic carbocycles. The van der Waals surface area contributed by atoms with Gasteiger partial charge >= 0.3 is 6.18 Å². The van der Waals surface area contributed by atoms with Gasteiger partial charge in [-0.2, -0.15) is 18.3 Å². The van der Waals surface area contributed by atoms with Crippen molar-refractivity contribution in [3.63, 3.8) is 0 Å². The molecule has 0 atom stereocenters. The summed E-state index contributed by atoms with van der Waals surface area (Å²) in [4.78, 5) is 34.1. The molecule has 0 bridgehead atoms. The third-order valence-corrected chi connectivity index (χ3v) is 6.96. The van der Waals surface area contributed by atoms with Gasteiger partial charge < -0.3 is 11.1 Å². The molecule has 4 heterocycles. The van der Waals surface area contributed by atoms with Crippen LogP contribution in [-0.4, -0.2) is 31.6 Å². The Bertz CT molecular complexity index is 1740. The van der Waals surface area contributed by atoms with E-state index in [0.29, 0.717) is 27.9 Å². The van der Waals surface area contributed by atoms with Crippen LogP contribution in [-0.2, 0) is 13.2 Å². The molecule has 4 aromatic heterocycles. The molecular weight excluding hydrogens is 505 g/mol. The molecule has 5 rings (SSSR count). The number of nitrogens with one attached hydrogen (secondary N) is 1. The van der Waals surface area contributed by atoms with Crippen LogP contribution in [0.5, 0.6) is 0 Å². The highest BCUT2D eigenvalue weighted by Gasteiger charge is 2.34. The molecule has 0 unspecified atom stereocenters. The second kappa shape index (κ2) is 8.66. The first-order valence-electron chi connectivity index (χ1n) is 11.0. The number of carbonyl (C=O) groups excluding carboxylic acids is 2. The van der Waals surface area contributed by atoms with Crippen molar-refractivity contribution >= 4 is 50.0 Å². The van der Waals surface area contributed by atoms with Gasteiger partial charge in [0, 0.05) is 29.6 Å². The molecule has 3 N–H and O–H groups in total. The van der Waals surface area contributed by atoms with E-state index in [0.717, 1.165) is 17.3 Å².